The standard InChI is InChI=1S/C29H33ClN2O3/c1-17-15-23(11-12-25(17)30)29(5,6)32-24-10-8-9-21(16-24)22-13-18(2)26(19(3)14-22)27(33)31-20(4)28(34)35-7/h8-16,20,32H,1-7H3,(H,31,33)/t20-/m0/s1. The van der Waals surface area contributed by atoms with E-state index in [1.54, 1.807) is 6.92 Å². The highest BCUT2D eigenvalue weighted by Crippen LogP contribution is 2.32. The summed E-state index contributed by atoms with van der Waals surface area (Å²) in [6, 6.07) is 17.6. The van der Waals surface area contributed by atoms with Crippen molar-refractivity contribution >= 4 is 29.2 Å². The van der Waals surface area contributed by atoms with Gasteiger partial charge in [0.05, 0.1) is 12.6 Å². The lowest BCUT2D eigenvalue weighted by Crippen LogP contribution is -2.39. The number of anilines is 1. The van der Waals surface area contributed by atoms with Crippen LogP contribution in [0.25, 0.3) is 11.1 Å². The second-order valence-corrected chi connectivity index (χ2v) is 9.91. The van der Waals surface area contributed by atoms with Crippen LogP contribution in [-0.2, 0) is 15.1 Å². The number of ether oxygens (including phenoxy) is 1. The number of amides is 1. The third-order valence-corrected chi connectivity index (χ3v) is 6.62. The Bertz CT molecular complexity index is 1240. The molecular formula is C29H33ClN2O3. The summed E-state index contributed by atoms with van der Waals surface area (Å²) in [6.45, 7) is 11.7. The van der Waals surface area contributed by atoms with Gasteiger partial charge in [0, 0.05) is 16.3 Å². The molecule has 5 nitrogen and oxygen atoms in total. The van der Waals surface area contributed by atoms with E-state index in [1.165, 1.54) is 7.11 Å². The predicted molar refractivity (Wildman–Crippen MR) is 143 cm³/mol. The van der Waals surface area contributed by atoms with Gasteiger partial charge in [-0.15, -0.1) is 0 Å². The first-order chi connectivity index (χ1) is 16.4. The maximum absolute atomic E-state index is 12.8. The normalized spacial score (nSPS) is 12.1. The number of hydrogen-bond acceptors (Lipinski definition) is 4. The largest absolute Gasteiger partial charge is 0.467 e. The molecule has 0 aliphatic rings. The topological polar surface area (TPSA) is 67.4 Å². The molecule has 0 aromatic heterocycles. The molecule has 3 aromatic rings. The lowest BCUT2D eigenvalue weighted by molar-refractivity contribution is -0.142. The number of methoxy groups -OCH3 is 1. The Hall–Kier alpha value is -3.31. The zero-order valence-corrected chi connectivity index (χ0v) is 22.1. The molecule has 0 unspecified atom stereocenters. The molecule has 0 radical (unpaired) electrons. The molecule has 1 amide bonds. The summed E-state index contributed by atoms with van der Waals surface area (Å²) in [7, 11) is 1.30. The molecule has 0 bridgehead atoms. The van der Waals surface area contributed by atoms with Crippen molar-refractivity contribution in [2.45, 2.75) is 53.1 Å². The Labute approximate surface area is 212 Å². The van der Waals surface area contributed by atoms with Gasteiger partial charge in [-0.3, -0.25) is 4.79 Å². The maximum Gasteiger partial charge on any atom is 0.328 e. The van der Waals surface area contributed by atoms with Gasteiger partial charge in [0.25, 0.3) is 5.91 Å². The number of carbonyl (C=O) groups is 2. The number of hydrogen-bond donors (Lipinski definition) is 2. The van der Waals surface area contributed by atoms with Gasteiger partial charge in [0.1, 0.15) is 6.04 Å². The van der Waals surface area contributed by atoms with Crippen LogP contribution in [0.2, 0.25) is 5.02 Å². The number of halogens is 1. The van der Waals surface area contributed by atoms with Crippen LogP contribution >= 0.6 is 11.6 Å². The second-order valence-electron chi connectivity index (χ2n) is 9.50. The van der Waals surface area contributed by atoms with Crippen LogP contribution in [0.4, 0.5) is 5.69 Å². The minimum absolute atomic E-state index is 0.292. The Morgan fingerprint density at radius 2 is 1.57 bits per heavy atom. The van der Waals surface area contributed by atoms with E-state index in [4.69, 9.17) is 16.3 Å². The van der Waals surface area contributed by atoms with E-state index in [9.17, 15) is 9.59 Å². The van der Waals surface area contributed by atoms with Gasteiger partial charge in [-0.25, -0.2) is 4.79 Å². The molecule has 0 fully saturated rings. The highest BCUT2D eigenvalue weighted by molar-refractivity contribution is 6.31. The molecule has 2 N–H and O–H groups in total. The number of esters is 1. The Balaban J connectivity index is 1.87. The summed E-state index contributed by atoms with van der Waals surface area (Å²) < 4.78 is 4.71. The summed E-state index contributed by atoms with van der Waals surface area (Å²) in [6.07, 6.45) is 0. The number of benzene rings is 3. The quantitative estimate of drug-likeness (QED) is 0.366. The lowest BCUT2D eigenvalue weighted by atomic mass is 9.92. The van der Waals surface area contributed by atoms with Crippen molar-refractivity contribution in [3.05, 3.63) is 87.4 Å². The zero-order valence-electron chi connectivity index (χ0n) is 21.4. The molecule has 0 saturated heterocycles. The molecule has 6 heteroatoms. The fourth-order valence-corrected chi connectivity index (χ4v) is 4.35. The fraction of sp³-hybridized carbons (Fsp3) is 0.310. The van der Waals surface area contributed by atoms with E-state index in [-0.39, 0.29) is 11.4 Å². The third kappa shape index (κ3) is 6.04. The molecule has 35 heavy (non-hydrogen) atoms. The van der Waals surface area contributed by atoms with E-state index >= 15 is 0 Å². The van der Waals surface area contributed by atoms with Crippen molar-refractivity contribution in [2.75, 3.05) is 12.4 Å². The Morgan fingerprint density at radius 3 is 2.17 bits per heavy atom. The van der Waals surface area contributed by atoms with Gasteiger partial charge in [0.15, 0.2) is 0 Å². The van der Waals surface area contributed by atoms with Gasteiger partial charge in [-0.05, 0) is 93.1 Å². The van der Waals surface area contributed by atoms with Gasteiger partial charge in [0.2, 0.25) is 0 Å². The SMILES string of the molecule is COC(=O)[C@H](C)NC(=O)c1c(C)cc(-c2cccc(NC(C)(C)c3ccc(Cl)c(C)c3)c2)cc1C. The molecule has 3 aromatic carbocycles. The zero-order chi connectivity index (χ0) is 25.9. The molecule has 0 aliphatic heterocycles. The van der Waals surface area contributed by atoms with E-state index in [1.807, 2.05) is 57.2 Å². The number of carbonyl (C=O) groups excluding carboxylic acids is 2. The molecule has 0 aliphatic carbocycles. The van der Waals surface area contributed by atoms with Crippen LogP contribution in [0.5, 0.6) is 0 Å². The average molecular weight is 493 g/mol. The van der Waals surface area contributed by atoms with Crippen LogP contribution in [0.15, 0.2) is 54.6 Å². The van der Waals surface area contributed by atoms with Crippen molar-refractivity contribution in [3.63, 3.8) is 0 Å². The second kappa shape index (κ2) is 10.5. The molecule has 0 heterocycles. The smallest absolute Gasteiger partial charge is 0.328 e. The average Bonchev–Trinajstić information content (AvgIpc) is 2.79. The summed E-state index contributed by atoms with van der Waals surface area (Å²) in [5.74, 6) is -0.772. The lowest BCUT2D eigenvalue weighted by Gasteiger charge is -2.29. The number of nitrogens with one attached hydrogen (secondary N) is 2. The monoisotopic (exact) mass is 492 g/mol. The molecular weight excluding hydrogens is 460 g/mol. The first-order valence-corrected chi connectivity index (χ1v) is 12.0. The van der Waals surface area contributed by atoms with Gasteiger partial charge >= 0.3 is 5.97 Å². The van der Waals surface area contributed by atoms with Gasteiger partial charge in [-0.1, -0.05) is 48.0 Å². The van der Waals surface area contributed by atoms with Crippen molar-refractivity contribution < 1.29 is 14.3 Å². The number of aryl methyl sites for hydroxylation is 3. The van der Waals surface area contributed by atoms with Crippen molar-refractivity contribution in [2.24, 2.45) is 0 Å². The van der Waals surface area contributed by atoms with E-state index in [0.717, 1.165) is 44.1 Å². The van der Waals surface area contributed by atoms with E-state index in [0.29, 0.717) is 5.56 Å². The predicted octanol–water partition coefficient (Wildman–Crippen LogP) is 6.57. The van der Waals surface area contributed by atoms with E-state index < -0.39 is 12.0 Å². The van der Waals surface area contributed by atoms with Gasteiger partial charge < -0.3 is 15.4 Å². The van der Waals surface area contributed by atoms with Crippen molar-refractivity contribution in [3.8, 4) is 11.1 Å². The fourth-order valence-electron chi connectivity index (χ4n) is 4.24. The Morgan fingerprint density at radius 1 is 0.914 bits per heavy atom. The minimum atomic E-state index is -0.721. The van der Waals surface area contributed by atoms with Crippen molar-refractivity contribution in [1.29, 1.82) is 0 Å². The summed E-state index contributed by atoms with van der Waals surface area (Å²) in [5.41, 5.74) is 7.17. The highest BCUT2D eigenvalue weighted by atomic mass is 35.5. The molecule has 1 atom stereocenters. The van der Waals surface area contributed by atoms with Crippen LogP contribution < -0.4 is 10.6 Å². The minimum Gasteiger partial charge on any atom is -0.467 e. The van der Waals surface area contributed by atoms with Crippen molar-refractivity contribution in [1.82, 2.24) is 5.32 Å². The first-order valence-electron chi connectivity index (χ1n) is 11.6. The summed E-state index contributed by atoms with van der Waals surface area (Å²) in [5, 5.41) is 7.11. The summed E-state index contributed by atoms with van der Waals surface area (Å²) in [4.78, 5) is 24.5. The number of rotatable bonds is 7. The van der Waals surface area contributed by atoms with Crippen LogP contribution in [-0.4, -0.2) is 25.0 Å². The molecule has 0 saturated carbocycles. The third-order valence-electron chi connectivity index (χ3n) is 6.19. The first kappa shape index (κ1) is 26.3. The molecule has 3 rings (SSSR count). The molecule has 184 valence electrons. The van der Waals surface area contributed by atoms with Gasteiger partial charge in [-0.2, -0.15) is 0 Å². The highest BCUT2D eigenvalue weighted by Gasteiger charge is 2.22. The summed E-state index contributed by atoms with van der Waals surface area (Å²) >= 11 is 6.21. The van der Waals surface area contributed by atoms with Crippen LogP contribution in [0.3, 0.4) is 0 Å². The van der Waals surface area contributed by atoms with Crippen LogP contribution in [0.1, 0.15) is 53.4 Å². The Kier molecular flexibility index (Phi) is 7.91. The van der Waals surface area contributed by atoms with Crippen LogP contribution in [0, 0.1) is 20.8 Å². The molecule has 0 spiro atoms. The van der Waals surface area contributed by atoms with E-state index in [2.05, 4.69) is 42.7 Å². The maximum atomic E-state index is 12.8.